The van der Waals surface area contributed by atoms with Crippen molar-refractivity contribution in [3.8, 4) is 0 Å². The Morgan fingerprint density at radius 2 is 2.43 bits per heavy atom. The summed E-state index contributed by atoms with van der Waals surface area (Å²) < 4.78 is 9.70. The number of rotatable bonds is 6. The maximum Gasteiger partial charge on any atom is 0.256 e. The molecule has 1 rings (SSSR count). The molecule has 1 aromatic heterocycles. The maximum atomic E-state index is 9.27. The lowest BCUT2D eigenvalue weighted by atomic mass is 10.3. The van der Waals surface area contributed by atoms with E-state index in [9.17, 15) is 5.11 Å². The van der Waals surface area contributed by atoms with Crippen LogP contribution in [0.15, 0.2) is 4.52 Å². The third-order valence-corrected chi connectivity index (χ3v) is 1.74. The first-order valence-corrected chi connectivity index (χ1v) is 4.47. The van der Waals surface area contributed by atoms with Crippen molar-refractivity contribution in [2.75, 3.05) is 20.3 Å². The summed E-state index contributed by atoms with van der Waals surface area (Å²) in [6.45, 7) is 0.739. The van der Waals surface area contributed by atoms with Crippen LogP contribution >= 0.6 is 0 Å². The lowest BCUT2D eigenvalue weighted by molar-refractivity contribution is 0.141. The molecule has 6 heteroatoms. The molecule has 0 spiro atoms. The van der Waals surface area contributed by atoms with Crippen LogP contribution < -0.4 is 5.73 Å². The lowest BCUT2D eigenvalue weighted by Crippen LogP contribution is -2.11. The van der Waals surface area contributed by atoms with E-state index in [1.54, 1.807) is 7.11 Å². The quantitative estimate of drug-likeness (QED) is 0.610. The fraction of sp³-hybridized carbons (Fsp3) is 0.750. The first kappa shape index (κ1) is 11.1. The minimum absolute atomic E-state index is 0.0830. The fourth-order valence-corrected chi connectivity index (χ4v) is 0.980. The van der Waals surface area contributed by atoms with E-state index in [1.807, 2.05) is 0 Å². The third kappa shape index (κ3) is 3.06. The molecule has 0 bridgehead atoms. The van der Waals surface area contributed by atoms with Gasteiger partial charge in [0.1, 0.15) is 6.10 Å². The van der Waals surface area contributed by atoms with Crippen LogP contribution in [0, 0.1) is 0 Å². The second kappa shape index (κ2) is 5.69. The van der Waals surface area contributed by atoms with Crippen molar-refractivity contribution in [3.63, 3.8) is 0 Å². The molecular formula is C8H15N3O3. The molecule has 14 heavy (non-hydrogen) atoms. The molecule has 0 radical (unpaired) electrons. The van der Waals surface area contributed by atoms with Crippen LogP contribution in [0.5, 0.6) is 0 Å². The first-order valence-electron chi connectivity index (χ1n) is 4.47. The molecule has 6 nitrogen and oxygen atoms in total. The number of aryl methyl sites for hydroxylation is 1. The summed E-state index contributed by atoms with van der Waals surface area (Å²) in [5.41, 5.74) is 5.24. The monoisotopic (exact) mass is 201 g/mol. The molecular weight excluding hydrogens is 186 g/mol. The van der Waals surface area contributed by atoms with Gasteiger partial charge in [-0.3, -0.25) is 0 Å². The van der Waals surface area contributed by atoms with E-state index in [2.05, 4.69) is 10.1 Å². The Bertz CT molecular complexity index is 264. The summed E-state index contributed by atoms with van der Waals surface area (Å²) in [5.74, 6) is 0.754. The van der Waals surface area contributed by atoms with Gasteiger partial charge in [-0.2, -0.15) is 4.98 Å². The van der Waals surface area contributed by atoms with E-state index >= 15 is 0 Å². The molecule has 0 aliphatic carbocycles. The summed E-state index contributed by atoms with van der Waals surface area (Å²) in [5, 5.41) is 13.0. The normalized spacial score (nSPS) is 13.1. The van der Waals surface area contributed by atoms with Gasteiger partial charge in [-0.25, -0.2) is 0 Å². The zero-order valence-electron chi connectivity index (χ0n) is 8.14. The number of nitrogens with zero attached hydrogens (tertiary/aromatic N) is 2. The Balaban J connectivity index is 2.42. The first-order chi connectivity index (χ1) is 6.77. The molecule has 0 fully saturated rings. The highest BCUT2D eigenvalue weighted by Gasteiger charge is 2.13. The van der Waals surface area contributed by atoms with Gasteiger partial charge in [0, 0.05) is 26.7 Å². The summed E-state index contributed by atoms with van der Waals surface area (Å²) in [7, 11) is 1.64. The van der Waals surface area contributed by atoms with Gasteiger partial charge in [-0.15, -0.1) is 0 Å². The van der Waals surface area contributed by atoms with E-state index in [1.165, 1.54) is 0 Å². The van der Waals surface area contributed by atoms with Gasteiger partial charge in [0.15, 0.2) is 5.82 Å². The van der Waals surface area contributed by atoms with Crippen LogP contribution in [-0.2, 0) is 11.2 Å². The average molecular weight is 201 g/mol. The SMILES string of the molecule is COCCCc1noc([C@@H](O)CN)n1. The molecule has 1 atom stereocenters. The topological polar surface area (TPSA) is 94.4 Å². The van der Waals surface area contributed by atoms with Crippen LogP contribution in [0.4, 0.5) is 0 Å². The van der Waals surface area contributed by atoms with Crippen LogP contribution in [0.25, 0.3) is 0 Å². The molecule has 0 aliphatic heterocycles. The number of ether oxygens (including phenoxy) is 1. The zero-order valence-corrected chi connectivity index (χ0v) is 8.14. The predicted molar refractivity (Wildman–Crippen MR) is 48.5 cm³/mol. The molecule has 80 valence electrons. The largest absolute Gasteiger partial charge is 0.385 e. The standard InChI is InChI=1S/C8H15N3O3/c1-13-4-2-3-7-10-8(14-11-7)6(12)5-9/h6,12H,2-5,9H2,1H3/t6-/m0/s1. The Morgan fingerprint density at radius 3 is 3.07 bits per heavy atom. The van der Waals surface area contributed by atoms with Crippen molar-refractivity contribution in [2.24, 2.45) is 5.73 Å². The third-order valence-electron chi connectivity index (χ3n) is 1.74. The lowest BCUT2D eigenvalue weighted by Gasteiger charge is -1.98. The molecule has 0 aliphatic rings. The van der Waals surface area contributed by atoms with E-state index in [0.717, 1.165) is 6.42 Å². The van der Waals surface area contributed by atoms with Crippen LogP contribution in [0.2, 0.25) is 0 Å². The minimum Gasteiger partial charge on any atom is -0.385 e. The van der Waals surface area contributed by atoms with Gasteiger partial charge in [0.2, 0.25) is 0 Å². The van der Waals surface area contributed by atoms with E-state index in [4.69, 9.17) is 15.0 Å². The second-order valence-corrected chi connectivity index (χ2v) is 2.90. The summed E-state index contributed by atoms with van der Waals surface area (Å²) in [4.78, 5) is 3.99. The van der Waals surface area contributed by atoms with Crippen molar-refractivity contribution >= 4 is 0 Å². The van der Waals surface area contributed by atoms with E-state index in [-0.39, 0.29) is 12.4 Å². The Labute approximate surface area is 82.1 Å². The van der Waals surface area contributed by atoms with Crippen molar-refractivity contribution in [1.82, 2.24) is 10.1 Å². The Morgan fingerprint density at radius 1 is 1.64 bits per heavy atom. The fourth-order valence-electron chi connectivity index (χ4n) is 0.980. The Kier molecular flexibility index (Phi) is 4.51. The highest BCUT2D eigenvalue weighted by atomic mass is 16.5. The predicted octanol–water partition coefficient (Wildman–Crippen LogP) is -0.359. The molecule has 0 unspecified atom stereocenters. The van der Waals surface area contributed by atoms with Crippen LogP contribution in [0.3, 0.4) is 0 Å². The number of nitrogens with two attached hydrogens (primary N) is 1. The van der Waals surface area contributed by atoms with Crippen LogP contribution in [0.1, 0.15) is 24.2 Å². The molecule has 3 N–H and O–H groups in total. The molecule has 0 aromatic carbocycles. The van der Waals surface area contributed by atoms with Gasteiger partial charge in [0.25, 0.3) is 5.89 Å². The zero-order chi connectivity index (χ0) is 10.4. The van der Waals surface area contributed by atoms with Gasteiger partial charge < -0.3 is 20.1 Å². The van der Waals surface area contributed by atoms with Crippen molar-refractivity contribution in [3.05, 3.63) is 11.7 Å². The summed E-state index contributed by atoms with van der Waals surface area (Å²) in [6.07, 6.45) is 0.640. The van der Waals surface area contributed by atoms with Gasteiger partial charge in [-0.1, -0.05) is 5.16 Å². The number of aliphatic hydroxyl groups is 1. The molecule has 1 aromatic rings. The van der Waals surface area contributed by atoms with Crippen molar-refractivity contribution in [2.45, 2.75) is 18.9 Å². The van der Waals surface area contributed by atoms with Gasteiger partial charge in [-0.05, 0) is 6.42 Å². The number of hydrogen-bond donors (Lipinski definition) is 2. The minimum atomic E-state index is -0.862. The highest BCUT2D eigenvalue weighted by Crippen LogP contribution is 2.08. The van der Waals surface area contributed by atoms with Gasteiger partial charge >= 0.3 is 0 Å². The Hall–Kier alpha value is -0.980. The second-order valence-electron chi connectivity index (χ2n) is 2.90. The van der Waals surface area contributed by atoms with Crippen LogP contribution in [-0.4, -0.2) is 35.5 Å². The maximum absolute atomic E-state index is 9.27. The number of aliphatic hydroxyl groups excluding tert-OH is 1. The number of hydrogen-bond acceptors (Lipinski definition) is 6. The molecule has 0 amide bonds. The molecule has 0 saturated heterocycles. The van der Waals surface area contributed by atoms with E-state index < -0.39 is 6.10 Å². The van der Waals surface area contributed by atoms with Crippen molar-refractivity contribution in [1.29, 1.82) is 0 Å². The average Bonchev–Trinajstić information content (AvgIpc) is 2.66. The summed E-state index contributed by atoms with van der Waals surface area (Å²) >= 11 is 0. The summed E-state index contributed by atoms with van der Waals surface area (Å²) in [6, 6.07) is 0. The number of methoxy groups -OCH3 is 1. The van der Waals surface area contributed by atoms with Crippen molar-refractivity contribution < 1.29 is 14.4 Å². The van der Waals surface area contributed by atoms with Gasteiger partial charge in [0.05, 0.1) is 0 Å². The molecule has 0 saturated carbocycles. The molecule has 1 heterocycles. The van der Waals surface area contributed by atoms with E-state index in [0.29, 0.717) is 18.9 Å². The number of aromatic nitrogens is 2. The smallest absolute Gasteiger partial charge is 0.256 e. The highest BCUT2D eigenvalue weighted by molar-refractivity contribution is 4.90.